The molecule has 2 atom stereocenters. The number of piperazine rings is 1. The number of pyridine rings is 1. The minimum atomic E-state index is -0.554. The minimum Gasteiger partial charge on any atom is -0.368 e. The molecule has 4 saturated heterocycles. The van der Waals surface area contributed by atoms with E-state index in [4.69, 9.17) is 16.6 Å². The molecule has 1 aromatic heterocycles. The van der Waals surface area contributed by atoms with Gasteiger partial charge in [0.25, 0.3) is 0 Å². The van der Waals surface area contributed by atoms with E-state index in [1.165, 1.54) is 38.8 Å². The van der Waals surface area contributed by atoms with Gasteiger partial charge in [0, 0.05) is 53.9 Å². The predicted octanol–water partition coefficient (Wildman–Crippen LogP) is 5.34. The smallest absolute Gasteiger partial charge is 0.186 e. The molecule has 0 aromatic carbocycles. The maximum Gasteiger partial charge on any atom is 0.186 e. The number of halogens is 2. The van der Waals surface area contributed by atoms with Gasteiger partial charge in [0.15, 0.2) is 11.0 Å². The van der Waals surface area contributed by atoms with Crippen LogP contribution in [0.2, 0.25) is 5.15 Å². The summed E-state index contributed by atoms with van der Waals surface area (Å²) in [6.45, 7) is 10.4. The van der Waals surface area contributed by atoms with Crippen LogP contribution >= 0.6 is 24.4 Å². The number of hydrogen-bond acceptors (Lipinski definition) is 6. The van der Waals surface area contributed by atoms with Gasteiger partial charge in [0.05, 0.1) is 0 Å². The summed E-state index contributed by atoms with van der Waals surface area (Å²) in [7, 11) is 0. The van der Waals surface area contributed by atoms with E-state index in [2.05, 4.69) is 38.5 Å². The van der Waals surface area contributed by atoms with Gasteiger partial charge in [-0.15, -0.1) is 0 Å². The highest BCUT2D eigenvalue weighted by Gasteiger charge is 2.43. The zero-order valence-electron chi connectivity index (χ0n) is 18.9. The van der Waals surface area contributed by atoms with E-state index in [1.54, 1.807) is 6.20 Å². The minimum absolute atomic E-state index is 0.135. The normalized spacial score (nSPS) is 27.9. The maximum absolute atomic E-state index is 15.1. The summed E-state index contributed by atoms with van der Waals surface area (Å²) in [4.78, 5) is 13.7. The summed E-state index contributed by atoms with van der Waals surface area (Å²) in [6.07, 6.45) is 11.0. The standard InChI is InChI=1S/C24H33ClFN5S/c1-16(7-10-24-8-3-11-30(24)12-4-9-24)28-22-20(13-27-23(25)21(22)26)17(2)29-14-18-5-6-19(15-29)31(18)32/h13,18-19,32H,2-12,14-15H2,1H3. The number of thiol groups is 1. The lowest BCUT2D eigenvalue weighted by Crippen LogP contribution is -2.48. The van der Waals surface area contributed by atoms with Crippen LogP contribution in [0.15, 0.2) is 17.8 Å². The highest BCUT2D eigenvalue weighted by atomic mass is 35.5. The van der Waals surface area contributed by atoms with Gasteiger partial charge in [-0.3, -0.25) is 9.89 Å². The van der Waals surface area contributed by atoms with Gasteiger partial charge in [0.2, 0.25) is 0 Å². The van der Waals surface area contributed by atoms with Gasteiger partial charge in [-0.05, 0) is 71.4 Å². The van der Waals surface area contributed by atoms with Crippen LogP contribution in [0.3, 0.4) is 0 Å². The second-order valence-electron chi connectivity index (χ2n) is 10.0. The summed E-state index contributed by atoms with van der Waals surface area (Å²) < 4.78 is 17.3. The van der Waals surface area contributed by atoms with E-state index < -0.39 is 5.82 Å². The molecule has 0 radical (unpaired) electrons. The Morgan fingerprint density at radius 3 is 2.59 bits per heavy atom. The van der Waals surface area contributed by atoms with Crippen molar-refractivity contribution in [3.05, 3.63) is 29.3 Å². The van der Waals surface area contributed by atoms with Crippen LogP contribution in [0.4, 0.5) is 10.1 Å². The molecule has 4 aliphatic heterocycles. The first kappa shape index (κ1) is 22.6. The van der Waals surface area contributed by atoms with Crippen LogP contribution in [0.25, 0.3) is 5.70 Å². The van der Waals surface area contributed by atoms with Gasteiger partial charge in [-0.1, -0.05) is 31.0 Å². The van der Waals surface area contributed by atoms with Crippen LogP contribution in [-0.4, -0.2) is 68.6 Å². The molecule has 5 heterocycles. The van der Waals surface area contributed by atoms with Gasteiger partial charge >= 0.3 is 0 Å². The number of rotatable bonds is 6. The molecule has 5 nitrogen and oxygen atoms in total. The molecule has 0 spiro atoms. The molecule has 0 N–H and O–H groups in total. The second-order valence-corrected chi connectivity index (χ2v) is 10.8. The molecule has 0 saturated carbocycles. The lowest BCUT2D eigenvalue weighted by molar-refractivity contribution is 0.185. The van der Waals surface area contributed by atoms with E-state index in [0.29, 0.717) is 23.2 Å². The Kier molecular flexibility index (Phi) is 6.29. The Morgan fingerprint density at radius 2 is 1.94 bits per heavy atom. The Morgan fingerprint density at radius 1 is 1.28 bits per heavy atom. The monoisotopic (exact) mass is 477 g/mol. The van der Waals surface area contributed by atoms with E-state index in [1.807, 2.05) is 6.92 Å². The van der Waals surface area contributed by atoms with Crippen molar-refractivity contribution in [2.75, 3.05) is 26.2 Å². The third-order valence-electron chi connectivity index (χ3n) is 8.15. The highest BCUT2D eigenvalue weighted by molar-refractivity contribution is 7.77. The van der Waals surface area contributed by atoms with Crippen molar-refractivity contribution in [2.24, 2.45) is 4.99 Å². The first-order valence-corrected chi connectivity index (χ1v) is 12.7. The van der Waals surface area contributed by atoms with E-state index in [0.717, 1.165) is 50.2 Å². The molecule has 8 heteroatoms. The average Bonchev–Trinajstić information content (AvgIpc) is 3.39. The maximum atomic E-state index is 15.1. The summed E-state index contributed by atoms with van der Waals surface area (Å²) in [6, 6.07) is 0.792. The molecular formula is C24H33ClFN5S. The largest absolute Gasteiger partial charge is 0.368 e. The first-order valence-electron chi connectivity index (χ1n) is 11.9. The molecule has 2 bridgehead atoms. The van der Waals surface area contributed by atoms with Gasteiger partial charge in [0.1, 0.15) is 5.69 Å². The molecule has 0 amide bonds. The third-order valence-corrected chi connectivity index (χ3v) is 9.07. The summed E-state index contributed by atoms with van der Waals surface area (Å²) in [5, 5.41) is -0.135. The fraction of sp³-hybridized carbons (Fsp3) is 0.667. The molecule has 2 unspecified atom stereocenters. The van der Waals surface area contributed by atoms with Crippen LogP contribution < -0.4 is 0 Å². The lowest BCUT2D eigenvalue weighted by atomic mass is 9.88. The van der Waals surface area contributed by atoms with Crippen molar-refractivity contribution >= 4 is 41.5 Å². The average molecular weight is 478 g/mol. The number of likely N-dealkylation sites (tertiary alicyclic amines) is 1. The Labute approximate surface area is 201 Å². The molecule has 32 heavy (non-hydrogen) atoms. The van der Waals surface area contributed by atoms with Crippen molar-refractivity contribution in [3.8, 4) is 0 Å². The van der Waals surface area contributed by atoms with Crippen LogP contribution in [0.5, 0.6) is 0 Å². The van der Waals surface area contributed by atoms with E-state index in [-0.39, 0.29) is 10.8 Å². The Bertz CT molecular complexity index is 913. The Hall–Kier alpha value is -1.15. The predicted molar refractivity (Wildman–Crippen MR) is 132 cm³/mol. The second kappa shape index (κ2) is 8.90. The summed E-state index contributed by atoms with van der Waals surface area (Å²) >= 11 is 10.7. The van der Waals surface area contributed by atoms with Crippen LogP contribution in [0, 0.1) is 5.82 Å². The van der Waals surface area contributed by atoms with Gasteiger partial charge < -0.3 is 4.90 Å². The van der Waals surface area contributed by atoms with Crippen molar-refractivity contribution in [1.82, 2.24) is 19.1 Å². The lowest BCUT2D eigenvalue weighted by Gasteiger charge is -2.40. The van der Waals surface area contributed by atoms with Crippen molar-refractivity contribution in [2.45, 2.75) is 75.9 Å². The fourth-order valence-electron chi connectivity index (χ4n) is 6.34. The molecule has 5 rings (SSSR count). The Balaban J connectivity index is 1.36. The molecule has 0 aliphatic carbocycles. The van der Waals surface area contributed by atoms with E-state index >= 15 is 4.39 Å². The fourth-order valence-corrected chi connectivity index (χ4v) is 6.86. The molecule has 1 aromatic rings. The van der Waals surface area contributed by atoms with Crippen molar-refractivity contribution in [3.63, 3.8) is 0 Å². The van der Waals surface area contributed by atoms with Crippen molar-refractivity contribution in [1.29, 1.82) is 0 Å². The number of aliphatic imine (C=N–C) groups is 1. The number of nitrogens with zero attached hydrogens (tertiary/aromatic N) is 5. The summed E-state index contributed by atoms with van der Waals surface area (Å²) in [5.41, 5.74) is 2.96. The zero-order valence-corrected chi connectivity index (χ0v) is 20.5. The quantitative estimate of drug-likeness (QED) is 0.341. The van der Waals surface area contributed by atoms with Crippen LogP contribution in [-0.2, 0) is 0 Å². The number of fused-ring (bicyclic) bond motifs is 3. The molecular weight excluding hydrogens is 445 g/mol. The molecule has 174 valence electrons. The number of hydrogen-bond donors (Lipinski definition) is 1. The van der Waals surface area contributed by atoms with Gasteiger partial charge in [-0.25, -0.2) is 13.7 Å². The SMILES string of the molecule is C=C(c1cnc(Cl)c(F)c1N=C(C)CCC12CCCN1CCC2)N1CC2CCC(C1)N2S. The highest BCUT2D eigenvalue weighted by Crippen LogP contribution is 2.43. The topological polar surface area (TPSA) is 35.0 Å². The number of aromatic nitrogens is 1. The zero-order chi connectivity index (χ0) is 22.5. The third kappa shape index (κ3) is 3.99. The first-order chi connectivity index (χ1) is 15.4. The van der Waals surface area contributed by atoms with Crippen LogP contribution in [0.1, 0.15) is 63.9 Å². The molecule has 4 aliphatic rings. The molecule has 4 fully saturated rings. The van der Waals surface area contributed by atoms with Crippen molar-refractivity contribution < 1.29 is 4.39 Å². The van der Waals surface area contributed by atoms with E-state index in [9.17, 15) is 0 Å². The van der Waals surface area contributed by atoms with Gasteiger partial charge in [-0.2, -0.15) is 0 Å². The summed E-state index contributed by atoms with van der Waals surface area (Å²) in [5.74, 6) is -0.554.